The van der Waals surface area contributed by atoms with Gasteiger partial charge >= 0.3 is 5.69 Å². The van der Waals surface area contributed by atoms with Crippen molar-refractivity contribution in [2.24, 2.45) is 0 Å². The second-order valence-electron chi connectivity index (χ2n) is 5.35. The van der Waals surface area contributed by atoms with E-state index in [-0.39, 0.29) is 5.56 Å². The molecule has 0 fully saturated rings. The summed E-state index contributed by atoms with van der Waals surface area (Å²) in [6.07, 6.45) is 0. The van der Waals surface area contributed by atoms with E-state index >= 15 is 0 Å². The molecule has 0 heterocycles. The van der Waals surface area contributed by atoms with E-state index in [9.17, 15) is 18.9 Å². The van der Waals surface area contributed by atoms with Crippen LogP contribution in [0, 0.1) is 21.7 Å². The van der Waals surface area contributed by atoms with Gasteiger partial charge in [0.15, 0.2) is 5.82 Å². The maximum Gasteiger partial charge on any atom is 0.308 e. The fourth-order valence-electron chi connectivity index (χ4n) is 2.38. The molecule has 126 valence electrons. The summed E-state index contributed by atoms with van der Waals surface area (Å²) in [6.45, 7) is 0.349. The van der Waals surface area contributed by atoms with Gasteiger partial charge in [0.1, 0.15) is 12.4 Å². The molecule has 0 N–H and O–H groups in total. The third kappa shape index (κ3) is 3.80. The third-order valence-electron chi connectivity index (χ3n) is 3.62. The summed E-state index contributed by atoms with van der Waals surface area (Å²) in [5.74, 6) is -2.21. The highest BCUT2D eigenvalue weighted by atomic mass is 19.2. The molecule has 3 rings (SSSR count). The van der Waals surface area contributed by atoms with Gasteiger partial charge in [0.25, 0.3) is 0 Å². The van der Waals surface area contributed by atoms with Crippen molar-refractivity contribution >= 4 is 5.69 Å². The van der Waals surface area contributed by atoms with Crippen LogP contribution in [0.1, 0.15) is 5.56 Å². The summed E-state index contributed by atoms with van der Waals surface area (Å²) >= 11 is 0. The Balaban J connectivity index is 1.88. The molecule has 0 aliphatic carbocycles. The molecule has 0 saturated carbocycles. The summed E-state index contributed by atoms with van der Waals surface area (Å²) in [6, 6.07) is 18.2. The Labute approximate surface area is 142 Å². The van der Waals surface area contributed by atoms with Gasteiger partial charge in [-0.25, -0.2) is 4.39 Å². The van der Waals surface area contributed by atoms with Gasteiger partial charge in [-0.15, -0.1) is 0 Å². The monoisotopic (exact) mass is 341 g/mol. The summed E-state index contributed by atoms with van der Waals surface area (Å²) < 4.78 is 32.8. The Hall–Kier alpha value is -3.28. The minimum atomic E-state index is -1.47. The lowest BCUT2D eigenvalue weighted by Crippen LogP contribution is -1.97. The predicted octanol–water partition coefficient (Wildman–Crippen LogP) is 5.12. The van der Waals surface area contributed by atoms with Crippen LogP contribution >= 0.6 is 0 Å². The second-order valence-corrected chi connectivity index (χ2v) is 5.35. The first-order chi connectivity index (χ1) is 12.0. The van der Waals surface area contributed by atoms with Crippen LogP contribution in [0.25, 0.3) is 11.1 Å². The average molecular weight is 341 g/mol. The Kier molecular flexibility index (Phi) is 4.70. The number of hydrogen-bond acceptors (Lipinski definition) is 3. The van der Waals surface area contributed by atoms with Crippen molar-refractivity contribution < 1.29 is 18.4 Å². The van der Waals surface area contributed by atoms with Crippen LogP contribution in [0.5, 0.6) is 5.75 Å². The van der Waals surface area contributed by atoms with Crippen molar-refractivity contribution in [1.82, 2.24) is 0 Å². The van der Waals surface area contributed by atoms with Crippen molar-refractivity contribution in [3.63, 3.8) is 0 Å². The molecule has 0 aliphatic rings. The summed E-state index contributed by atoms with van der Waals surface area (Å²) in [5.41, 5.74) is 0.783. The lowest BCUT2D eigenvalue weighted by atomic mass is 10.0. The summed E-state index contributed by atoms with van der Waals surface area (Å²) in [7, 11) is 0. The van der Waals surface area contributed by atoms with E-state index in [1.54, 1.807) is 24.3 Å². The van der Waals surface area contributed by atoms with Crippen LogP contribution in [0.2, 0.25) is 0 Å². The molecule has 0 bridgehead atoms. The molecule has 0 saturated heterocycles. The number of ether oxygens (including phenoxy) is 1. The highest BCUT2D eigenvalue weighted by Gasteiger charge is 2.20. The van der Waals surface area contributed by atoms with Crippen LogP contribution in [0.4, 0.5) is 14.5 Å². The lowest BCUT2D eigenvalue weighted by Gasteiger charge is -2.09. The minimum Gasteiger partial charge on any atom is -0.489 e. The molecular formula is C19H13F2NO3. The van der Waals surface area contributed by atoms with Gasteiger partial charge in [-0.1, -0.05) is 42.5 Å². The van der Waals surface area contributed by atoms with Gasteiger partial charge in [0.2, 0.25) is 5.82 Å². The van der Waals surface area contributed by atoms with Crippen molar-refractivity contribution in [3.8, 4) is 16.9 Å². The van der Waals surface area contributed by atoms with Crippen molar-refractivity contribution in [2.45, 2.75) is 6.61 Å². The van der Waals surface area contributed by atoms with Crippen molar-refractivity contribution in [3.05, 3.63) is 94.0 Å². The Morgan fingerprint density at radius 2 is 1.68 bits per heavy atom. The van der Waals surface area contributed by atoms with Gasteiger partial charge in [-0.2, -0.15) is 4.39 Å². The van der Waals surface area contributed by atoms with Crippen LogP contribution in [0.3, 0.4) is 0 Å². The van der Waals surface area contributed by atoms with Gasteiger partial charge in [0, 0.05) is 6.07 Å². The number of benzene rings is 3. The van der Waals surface area contributed by atoms with E-state index in [1.807, 2.05) is 30.3 Å². The molecule has 6 heteroatoms. The van der Waals surface area contributed by atoms with Crippen LogP contribution in [0.15, 0.2) is 66.7 Å². The van der Waals surface area contributed by atoms with Crippen molar-refractivity contribution in [1.29, 1.82) is 0 Å². The van der Waals surface area contributed by atoms with E-state index < -0.39 is 22.2 Å². The van der Waals surface area contributed by atoms with E-state index in [0.717, 1.165) is 17.7 Å². The number of rotatable bonds is 5. The zero-order valence-corrected chi connectivity index (χ0v) is 13.0. The highest BCUT2D eigenvalue weighted by molar-refractivity contribution is 5.68. The summed E-state index contributed by atoms with van der Waals surface area (Å²) in [5, 5.41) is 10.9. The number of halogens is 2. The molecular weight excluding hydrogens is 328 g/mol. The Bertz CT molecular complexity index is 914. The maximum atomic E-state index is 13.6. The SMILES string of the molecule is O=[N+]([O-])c1cc(-c2cccc(OCc3ccccc3)c2)cc(F)c1F. The zero-order valence-electron chi connectivity index (χ0n) is 13.0. The first-order valence-corrected chi connectivity index (χ1v) is 7.45. The van der Waals surface area contributed by atoms with Gasteiger partial charge < -0.3 is 4.74 Å². The first-order valence-electron chi connectivity index (χ1n) is 7.45. The van der Waals surface area contributed by atoms with Gasteiger partial charge in [0.05, 0.1) is 4.92 Å². The fraction of sp³-hybridized carbons (Fsp3) is 0.0526. The Morgan fingerprint density at radius 3 is 2.40 bits per heavy atom. The standard InChI is InChI=1S/C19H13F2NO3/c20-17-10-15(11-18(19(17)21)22(23)24)14-7-4-8-16(9-14)25-12-13-5-2-1-3-6-13/h1-11H,12H2. The smallest absolute Gasteiger partial charge is 0.308 e. The number of nitro groups is 1. The van der Waals surface area contributed by atoms with E-state index in [4.69, 9.17) is 4.74 Å². The number of hydrogen-bond donors (Lipinski definition) is 0. The van der Waals surface area contributed by atoms with E-state index in [2.05, 4.69) is 0 Å². The third-order valence-corrected chi connectivity index (χ3v) is 3.62. The topological polar surface area (TPSA) is 52.4 Å². The molecule has 0 amide bonds. The zero-order chi connectivity index (χ0) is 17.8. The van der Waals surface area contributed by atoms with Crippen LogP contribution < -0.4 is 4.74 Å². The largest absolute Gasteiger partial charge is 0.489 e. The average Bonchev–Trinajstić information content (AvgIpc) is 2.63. The quantitative estimate of drug-likeness (QED) is 0.478. The molecule has 0 aliphatic heterocycles. The highest BCUT2D eigenvalue weighted by Crippen LogP contribution is 2.30. The molecule has 0 radical (unpaired) electrons. The minimum absolute atomic E-state index is 0.204. The van der Waals surface area contributed by atoms with Gasteiger partial charge in [-0.05, 0) is 34.9 Å². The number of nitro benzene ring substituents is 1. The second kappa shape index (κ2) is 7.09. The van der Waals surface area contributed by atoms with E-state index in [1.165, 1.54) is 0 Å². The van der Waals surface area contributed by atoms with Gasteiger partial charge in [-0.3, -0.25) is 10.1 Å². The summed E-state index contributed by atoms with van der Waals surface area (Å²) in [4.78, 5) is 9.91. The van der Waals surface area contributed by atoms with Crippen LogP contribution in [-0.2, 0) is 6.61 Å². The molecule has 3 aromatic rings. The molecule has 0 atom stereocenters. The van der Waals surface area contributed by atoms with Crippen molar-refractivity contribution in [2.75, 3.05) is 0 Å². The molecule has 3 aromatic carbocycles. The first kappa shape index (κ1) is 16.6. The fourth-order valence-corrected chi connectivity index (χ4v) is 2.38. The molecule has 25 heavy (non-hydrogen) atoms. The molecule has 0 unspecified atom stereocenters. The van der Waals surface area contributed by atoms with E-state index in [0.29, 0.717) is 17.9 Å². The maximum absolute atomic E-state index is 13.6. The lowest BCUT2D eigenvalue weighted by molar-refractivity contribution is -0.387. The number of nitrogens with zero attached hydrogens (tertiary/aromatic N) is 1. The Morgan fingerprint density at radius 1 is 0.920 bits per heavy atom. The normalized spacial score (nSPS) is 10.5. The predicted molar refractivity (Wildman–Crippen MR) is 89.2 cm³/mol. The molecule has 0 aromatic heterocycles. The molecule has 0 spiro atoms. The molecule has 4 nitrogen and oxygen atoms in total. The van der Waals surface area contributed by atoms with Crippen LogP contribution in [-0.4, -0.2) is 4.92 Å².